The van der Waals surface area contributed by atoms with Gasteiger partial charge in [-0.25, -0.2) is 4.68 Å². The zero-order valence-corrected chi connectivity index (χ0v) is 10.1. The Morgan fingerprint density at radius 1 is 1.21 bits per heavy atom. The van der Waals surface area contributed by atoms with Crippen LogP contribution in [-0.4, -0.2) is 15.0 Å². The molecule has 0 bridgehead atoms. The summed E-state index contributed by atoms with van der Waals surface area (Å²) >= 11 is 0. The number of hydrogen-bond donors (Lipinski definition) is 0. The zero-order chi connectivity index (χ0) is 10.9. The van der Waals surface area contributed by atoms with E-state index in [1.807, 2.05) is 4.68 Å². The van der Waals surface area contributed by atoms with E-state index >= 15 is 0 Å². The molecular weight excluding hydrogens is 174 g/mol. The highest BCUT2D eigenvalue weighted by Gasteiger charge is 2.18. The first-order valence-electron chi connectivity index (χ1n) is 5.25. The smallest absolute Gasteiger partial charge is 0.0858 e. The molecule has 0 fully saturated rings. The van der Waals surface area contributed by atoms with Crippen molar-refractivity contribution in [3.8, 4) is 0 Å². The van der Waals surface area contributed by atoms with Crippen molar-refractivity contribution in [2.75, 3.05) is 0 Å². The van der Waals surface area contributed by atoms with E-state index in [-0.39, 0.29) is 5.54 Å². The summed E-state index contributed by atoms with van der Waals surface area (Å²) in [5, 5.41) is 8.37. The minimum atomic E-state index is 0.0297. The van der Waals surface area contributed by atoms with Crippen LogP contribution in [-0.2, 0) is 5.54 Å². The van der Waals surface area contributed by atoms with Crippen molar-refractivity contribution in [1.29, 1.82) is 0 Å². The second kappa shape index (κ2) is 3.71. The van der Waals surface area contributed by atoms with Gasteiger partial charge in [0, 0.05) is 12.1 Å². The molecule has 0 unspecified atom stereocenters. The molecule has 0 aliphatic rings. The largest absolute Gasteiger partial charge is 0.247 e. The minimum Gasteiger partial charge on any atom is -0.247 e. The predicted molar refractivity (Wildman–Crippen MR) is 58.3 cm³/mol. The van der Waals surface area contributed by atoms with Gasteiger partial charge in [0.2, 0.25) is 0 Å². The van der Waals surface area contributed by atoms with Crippen molar-refractivity contribution in [3.63, 3.8) is 0 Å². The van der Waals surface area contributed by atoms with Gasteiger partial charge in [0.1, 0.15) is 0 Å². The summed E-state index contributed by atoms with van der Waals surface area (Å²) in [7, 11) is 0. The lowest BCUT2D eigenvalue weighted by Crippen LogP contribution is -2.22. The predicted octanol–water partition coefficient (Wildman–Crippen LogP) is 2.79. The molecule has 1 aromatic rings. The molecule has 3 nitrogen and oxygen atoms in total. The van der Waals surface area contributed by atoms with Crippen LogP contribution in [0.15, 0.2) is 6.20 Å². The van der Waals surface area contributed by atoms with Gasteiger partial charge in [0.05, 0.1) is 11.2 Å². The third-order valence-electron chi connectivity index (χ3n) is 2.66. The fraction of sp³-hybridized carbons (Fsp3) is 0.818. The number of hydrogen-bond acceptors (Lipinski definition) is 2. The molecule has 0 radical (unpaired) electrons. The Morgan fingerprint density at radius 3 is 2.14 bits per heavy atom. The number of rotatable bonds is 2. The monoisotopic (exact) mass is 195 g/mol. The van der Waals surface area contributed by atoms with E-state index in [1.165, 1.54) is 0 Å². The van der Waals surface area contributed by atoms with Crippen LogP contribution in [0.25, 0.3) is 0 Å². The molecule has 1 heterocycles. The van der Waals surface area contributed by atoms with E-state index < -0.39 is 0 Å². The zero-order valence-electron chi connectivity index (χ0n) is 10.1. The highest BCUT2D eigenvalue weighted by molar-refractivity contribution is 5.02. The summed E-state index contributed by atoms with van der Waals surface area (Å²) < 4.78 is 1.93. The standard InChI is InChI=1S/C11H21N3/c1-8(2)9(3)10-7-14(13-12-10)11(4,5)6/h7-9H,1-6H3/t9-/m0/s1. The summed E-state index contributed by atoms with van der Waals surface area (Å²) in [6, 6.07) is 0. The molecular formula is C11H21N3. The maximum atomic E-state index is 4.22. The van der Waals surface area contributed by atoms with Gasteiger partial charge in [-0.2, -0.15) is 0 Å². The Bertz CT molecular complexity index is 294. The van der Waals surface area contributed by atoms with Crippen molar-refractivity contribution < 1.29 is 0 Å². The van der Waals surface area contributed by atoms with Crippen LogP contribution in [0.2, 0.25) is 0 Å². The van der Waals surface area contributed by atoms with Crippen LogP contribution >= 0.6 is 0 Å². The molecule has 3 heteroatoms. The molecule has 0 N–H and O–H groups in total. The maximum absolute atomic E-state index is 4.22. The molecule has 0 aliphatic carbocycles. The summed E-state index contributed by atoms with van der Waals surface area (Å²) in [5.74, 6) is 1.09. The Morgan fingerprint density at radius 2 is 1.79 bits per heavy atom. The van der Waals surface area contributed by atoms with E-state index in [0.717, 1.165) is 5.69 Å². The lowest BCUT2D eigenvalue weighted by molar-refractivity contribution is 0.346. The van der Waals surface area contributed by atoms with Crippen molar-refractivity contribution in [2.24, 2.45) is 5.92 Å². The molecule has 1 atom stereocenters. The van der Waals surface area contributed by atoms with Crippen LogP contribution in [0.5, 0.6) is 0 Å². The average molecular weight is 195 g/mol. The van der Waals surface area contributed by atoms with Gasteiger partial charge in [-0.15, -0.1) is 5.10 Å². The first-order chi connectivity index (χ1) is 6.32. The van der Waals surface area contributed by atoms with Crippen molar-refractivity contribution >= 4 is 0 Å². The quantitative estimate of drug-likeness (QED) is 0.726. The van der Waals surface area contributed by atoms with Gasteiger partial charge in [-0.05, 0) is 26.7 Å². The maximum Gasteiger partial charge on any atom is 0.0858 e. The van der Waals surface area contributed by atoms with Crippen LogP contribution < -0.4 is 0 Å². The molecule has 0 saturated carbocycles. The number of aromatic nitrogens is 3. The van der Waals surface area contributed by atoms with Gasteiger partial charge in [-0.1, -0.05) is 26.0 Å². The molecule has 1 rings (SSSR count). The molecule has 0 aliphatic heterocycles. The average Bonchev–Trinajstić information content (AvgIpc) is 2.49. The molecule has 0 spiro atoms. The van der Waals surface area contributed by atoms with E-state index in [0.29, 0.717) is 11.8 Å². The van der Waals surface area contributed by atoms with Crippen LogP contribution in [0, 0.1) is 5.92 Å². The highest BCUT2D eigenvalue weighted by Crippen LogP contribution is 2.22. The van der Waals surface area contributed by atoms with Gasteiger partial charge >= 0.3 is 0 Å². The number of nitrogens with zero attached hydrogens (tertiary/aromatic N) is 3. The van der Waals surface area contributed by atoms with Gasteiger partial charge in [0.25, 0.3) is 0 Å². The van der Waals surface area contributed by atoms with E-state index in [1.54, 1.807) is 0 Å². The van der Waals surface area contributed by atoms with Gasteiger partial charge < -0.3 is 0 Å². The van der Waals surface area contributed by atoms with Crippen LogP contribution in [0.3, 0.4) is 0 Å². The second-order valence-electron chi connectivity index (χ2n) is 5.29. The molecule has 80 valence electrons. The van der Waals surface area contributed by atoms with E-state index in [9.17, 15) is 0 Å². The van der Waals surface area contributed by atoms with E-state index in [2.05, 4.69) is 58.1 Å². The lowest BCUT2D eigenvalue weighted by atomic mass is 9.95. The summed E-state index contributed by atoms with van der Waals surface area (Å²) in [4.78, 5) is 0. The van der Waals surface area contributed by atoms with E-state index in [4.69, 9.17) is 0 Å². The molecule has 0 aromatic carbocycles. The molecule has 14 heavy (non-hydrogen) atoms. The Labute approximate surface area is 86.5 Å². The Balaban J connectivity index is 2.89. The van der Waals surface area contributed by atoms with Crippen molar-refractivity contribution in [1.82, 2.24) is 15.0 Å². The van der Waals surface area contributed by atoms with Crippen molar-refractivity contribution in [2.45, 2.75) is 53.0 Å². The summed E-state index contributed by atoms with van der Waals surface area (Å²) in [5.41, 5.74) is 1.12. The second-order valence-corrected chi connectivity index (χ2v) is 5.29. The third kappa shape index (κ3) is 2.34. The SMILES string of the molecule is CC(C)[C@H](C)c1cn(C(C)(C)C)nn1. The summed E-state index contributed by atoms with van der Waals surface area (Å²) in [6.45, 7) is 13.0. The highest BCUT2D eigenvalue weighted by atomic mass is 15.4. The van der Waals surface area contributed by atoms with Gasteiger partial charge in [0.15, 0.2) is 0 Å². The Kier molecular flexibility index (Phi) is 2.98. The fourth-order valence-corrected chi connectivity index (χ4v) is 1.15. The van der Waals surface area contributed by atoms with Crippen molar-refractivity contribution in [3.05, 3.63) is 11.9 Å². The Hall–Kier alpha value is -0.860. The first-order valence-corrected chi connectivity index (χ1v) is 5.25. The lowest BCUT2D eigenvalue weighted by Gasteiger charge is -2.18. The minimum absolute atomic E-state index is 0.0297. The molecule has 0 amide bonds. The topological polar surface area (TPSA) is 30.7 Å². The molecule has 1 aromatic heterocycles. The normalized spacial score (nSPS) is 14.8. The third-order valence-corrected chi connectivity index (χ3v) is 2.66. The summed E-state index contributed by atoms with van der Waals surface area (Å²) in [6.07, 6.45) is 2.06. The van der Waals surface area contributed by atoms with Gasteiger partial charge in [-0.3, -0.25) is 0 Å². The van der Waals surface area contributed by atoms with Crippen LogP contribution in [0.4, 0.5) is 0 Å². The first kappa shape index (κ1) is 11.2. The van der Waals surface area contributed by atoms with Crippen LogP contribution in [0.1, 0.15) is 53.2 Å². The molecule has 0 saturated heterocycles. The fourth-order valence-electron chi connectivity index (χ4n) is 1.15.